The number of fused-ring (bicyclic) bond motifs is 1. The van der Waals surface area contributed by atoms with Crippen LogP contribution in [-0.2, 0) is 11.3 Å². The van der Waals surface area contributed by atoms with Crippen molar-refractivity contribution in [3.8, 4) is 5.75 Å². The molecule has 3 rings (SSSR count). The van der Waals surface area contributed by atoms with Gasteiger partial charge in [0, 0.05) is 5.39 Å². The molecule has 0 unspecified atom stereocenters. The normalized spacial score (nSPS) is 10.5. The number of benzene rings is 2. The lowest BCUT2D eigenvalue weighted by molar-refractivity contribution is 0.0462. The fourth-order valence-corrected chi connectivity index (χ4v) is 2.18. The van der Waals surface area contributed by atoms with Crippen LogP contribution in [0, 0.1) is 0 Å². The summed E-state index contributed by atoms with van der Waals surface area (Å²) in [5.74, 6) is 0.838. The number of carbonyl (C=O) groups excluding carboxylic acids is 1. The summed E-state index contributed by atoms with van der Waals surface area (Å²) in [6, 6.07) is 14.1. The molecule has 2 N–H and O–H groups in total. The fourth-order valence-electron chi connectivity index (χ4n) is 2.18. The van der Waals surface area contributed by atoms with Gasteiger partial charge in [0.05, 0.1) is 18.2 Å². The second-order valence-electron chi connectivity index (χ2n) is 4.85. The zero-order chi connectivity index (χ0) is 16.2. The minimum absolute atomic E-state index is 0.0505. The van der Waals surface area contributed by atoms with Gasteiger partial charge < -0.3 is 15.2 Å². The van der Waals surface area contributed by atoms with Gasteiger partial charge in [-0.15, -0.1) is 0 Å². The van der Waals surface area contributed by atoms with Gasteiger partial charge in [0.25, 0.3) is 0 Å². The molecule has 23 heavy (non-hydrogen) atoms. The molecular formula is C17H15N3O3. The Kier molecular flexibility index (Phi) is 4.05. The Labute approximate surface area is 132 Å². The van der Waals surface area contributed by atoms with Crippen molar-refractivity contribution in [2.45, 2.75) is 6.61 Å². The molecule has 116 valence electrons. The molecule has 0 saturated carbocycles. The SMILES string of the molecule is COc1cccc(C(=O)OCc2nc(N)c3ccccc3n2)c1. The predicted molar refractivity (Wildman–Crippen MR) is 86.1 cm³/mol. The summed E-state index contributed by atoms with van der Waals surface area (Å²) < 4.78 is 10.3. The van der Waals surface area contributed by atoms with E-state index in [1.54, 1.807) is 24.3 Å². The van der Waals surface area contributed by atoms with Crippen molar-refractivity contribution in [1.82, 2.24) is 9.97 Å². The molecule has 0 saturated heterocycles. The fraction of sp³-hybridized carbons (Fsp3) is 0.118. The van der Waals surface area contributed by atoms with Gasteiger partial charge in [0.2, 0.25) is 0 Å². The number of para-hydroxylation sites is 1. The molecular weight excluding hydrogens is 294 g/mol. The number of esters is 1. The number of aromatic nitrogens is 2. The molecule has 0 aliphatic rings. The van der Waals surface area contributed by atoms with Crippen LogP contribution in [0.15, 0.2) is 48.5 Å². The molecule has 0 radical (unpaired) electrons. The van der Waals surface area contributed by atoms with Crippen molar-refractivity contribution < 1.29 is 14.3 Å². The number of methoxy groups -OCH3 is 1. The third kappa shape index (κ3) is 3.21. The van der Waals surface area contributed by atoms with E-state index in [-0.39, 0.29) is 6.61 Å². The van der Waals surface area contributed by atoms with Gasteiger partial charge in [0.15, 0.2) is 12.4 Å². The summed E-state index contributed by atoms with van der Waals surface area (Å²) >= 11 is 0. The van der Waals surface area contributed by atoms with Crippen LogP contribution < -0.4 is 10.5 Å². The first-order valence-electron chi connectivity index (χ1n) is 6.99. The van der Waals surface area contributed by atoms with E-state index in [4.69, 9.17) is 15.2 Å². The first kappa shape index (κ1) is 14.8. The maximum Gasteiger partial charge on any atom is 0.338 e. The van der Waals surface area contributed by atoms with E-state index in [1.807, 2.05) is 24.3 Å². The highest BCUT2D eigenvalue weighted by Gasteiger charge is 2.11. The highest BCUT2D eigenvalue weighted by Crippen LogP contribution is 2.18. The van der Waals surface area contributed by atoms with E-state index < -0.39 is 5.97 Å². The first-order valence-corrected chi connectivity index (χ1v) is 6.99. The van der Waals surface area contributed by atoms with E-state index in [2.05, 4.69) is 9.97 Å². The van der Waals surface area contributed by atoms with Crippen molar-refractivity contribution in [3.63, 3.8) is 0 Å². The van der Waals surface area contributed by atoms with E-state index in [0.29, 0.717) is 28.5 Å². The van der Waals surface area contributed by atoms with Crippen molar-refractivity contribution in [1.29, 1.82) is 0 Å². The second-order valence-corrected chi connectivity index (χ2v) is 4.85. The highest BCUT2D eigenvalue weighted by molar-refractivity contribution is 5.90. The van der Waals surface area contributed by atoms with Gasteiger partial charge in [-0.25, -0.2) is 14.8 Å². The Morgan fingerprint density at radius 2 is 1.96 bits per heavy atom. The van der Waals surface area contributed by atoms with Crippen LogP contribution in [0.5, 0.6) is 5.75 Å². The Bertz CT molecular complexity index is 865. The monoisotopic (exact) mass is 309 g/mol. The van der Waals surface area contributed by atoms with Crippen LogP contribution in [0.2, 0.25) is 0 Å². The number of ether oxygens (including phenoxy) is 2. The van der Waals surface area contributed by atoms with E-state index in [1.165, 1.54) is 7.11 Å². The number of hydrogen-bond donors (Lipinski definition) is 1. The van der Waals surface area contributed by atoms with Gasteiger partial charge in [-0.05, 0) is 30.3 Å². The summed E-state index contributed by atoms with van der Waals surface area (Å²) in [5, 5.41) is 0.773. The first-order chi connectivity index (χ1) is 11.2. The Morgan fingerprint density at radius 3 is 2.78 bits per heavy atom. The van der Waals surface area contributed by atoms with Crippen molar-refractivity contribution in [2.24, 2.45) is 0 Å². The number of rotatable bonds is 4. The number of nitrogens with two attached hydrogens (primary N) is 1. The molecule has 0 aliphatic carbocycles. The van der Waals surface area contributed by atoms with Gasteiger partial charge >= 0.3 is 5.97 Å². The highest BCUT2D eigenvalue weighted by atomic mass is 16.5. The molecule has 0 amide bonds. The van der Waals surface area contributed by atoms with Crippen LogP contribution in [0.3, 0.4) is 0 Å². The zero-order valence-electron chi connectivity index (χ0n) is 12.5. The molecule has 0 atom stereocenters. The van der Waals surface area contributed by atoms with Crippen LogP contribution >= 0.6 is 0 Å². The Hall–Kier alpha value is -3.15. The quantitative estimate of drug-likeness (QED) is 0.745. The lowest BCUT2D eigenvalue weighted by Crippen LogP contribution is -2.09. The molecule has 1 heterocycles. The summed E-state index contributed by atoms with van der Waals surface area (Å²) in [7, 11) is 1.54. The zero-order valence-corrected chi connectivity index (χ0v) is 12.5. The van der Waals surface area contributed by atoms with Gasteiger partial charge in [-0.1, -0.05) is 18.2 Å². The molecule has 6 heteroatoms. The van der Waals surface area contributed by atoms with Crippen molar-refractivity contribution in [3.05, 3.63) is 59.9 Å². The summed E-state index contributed by atoms with van der Waals surface area (Å²) in [6.07, 6.45) is 0. The van der Waals surface area contributed by atoms with Crippen molar-refractivity contribution in [2.75, 3.05) is 12.8 Å². The molecule has 0 spiro atoms. The van der Waals surface area contributed by atoms with Crippen LogP contribution in [0.1, 0.15) is 16.2 Å². The number of nitrogens with zero attached hydrogens (tertiary/aromatic N) is 2. The van der Waals surface area contributed by atoms with E-state index >= 15 is 0 Å². The summed E-state index contributed by atoms with van der Waals surface area (Å²) in [5.41, 5.74) is 7.02. The Balaban J connectivity index is 1.76. The summed E-state index contributed by atoms with van der Waals surface area (Å²) in [4.78, 5) is 20.6. The maximum absolute atomic E-state index is 12.1. The average molecular weight is 309 g/mol. The van der Waals surface area contributed by atoms with Gasteiger partial charge in [-0.3, -0.25) is 0 Å². The number of hydrogen-bond acceptors (Lipinski definition) is 6. The van der Waals surface area contributed by atoms with Gasteiger partial charge in [-0.2, -0.15) is 0 Å². The molecule has 0 aliphatic heterocycles. The molecule has 0 bridgehead atoms. The third-order valence-electron chi connectivity index (χ3n) is 3.32. The van der Waals surface area contributed by atoms with Crippen LogP contribution in [-0.4, -0.2) is 23.0 Å². The number of nitrogen functional groups attached to an aromatic ring is 1. The van der Waals surface area contributed by atoms with Crippen molar-refractivity contribution >= 4 is 22.7 Å². The maximum atomic E-state index is 12.1. The molecule has 2 aromatic carbocycles. The van der Waals surface area contributed by atoms with Crippen LogP contribution in [0.4, 0.5) is 5.82 Å². The minimum Gasteiger partial charge on any atom is -0.497 e. The molecule has 1 aromatic heterocycles. The molecule has 6 nitrogen and oxygen atoms in total. The second kappa shape index (κ2) is 6.31. The lowest BCUT2D eigenvalue weighted by atomic mass is 10.2. The van der Waals surface area contributed by atoms with Gasteiger partial charge in [0.1, 0.15) is 11.6 Å². The molecule has 3 aromatic rings. The lowest BCUT2D eigenvalue weighted by Gasteiger charge is -2.07. The van der Waals surface area contributed by atoms with E-state index in [9.17, 15) is 4.79 Å². The minimum atomic E-state index is -0.473. The number of anilines is 1. The summed E-state index contributed by atoms with van der Waals surface area (Å²) in [6.45, 7) is -0.0505. The van der Waals surface area contributed by atoms with Crippen LogP contribution in [0.25, 0.3) is 10.9 Å². The topological polar surface area (TPSA) is 87.3 Å². The van der Waals surface area contributed by atoms with E-state index in [0.717, 1.165) is 5.39 Å². The standard InChI is InChI=1S/C17H15N3O3/c1-22-12-6-4-5-11(9-12)17(21)23-10-15-19-14-8-3-2-7-13(14)16(18)20-15/h2-9H,10H2,1H3,(H2,18,19,20). The smallest absolute Gasteiger partial charge is 0.338 e. The largest absolute Gasteiger partial charge is 0.497 e. The number of carbonyl (C=O) groups is 1. The molecule has 0 fully saturated rings. The Morgan fingerprint density at radius 1 is 1.13 bits per heavy atom. The predicted octanol–water partition coefficient (Wildman–Crippen LogP) is 2.58. The third-order valence-corrected chi connectivity index (χ3v) is 3.32. The average Bonchev–Trinajstić information content (AvgIpc) is 2.60.